The largest absolute Gasteiger partial charge is 0.508 e. The standard InChI is InChI=1S/C17H14ClNO/c1-2-16(12-5-9-15(20)10-6-12)17(11-19)13-3-7-14(18)8-4-13/h3-10,20H,2H2,1H3/b17-16+. The van der Waals surface area contributed by atoms with E-state index >= 15 is 0 Å². The minimum absolute atomic E-state index is 0.217. The predicted molar refractivity (Wildman–Crippen MR) is 82.3 cm³/mol. The van der Waals surface area contributed by atoms with E-state index in [0.29, 0.717) is 10.6 Å². The minimum atomic E-state index is 0.217. The van der Waals surface area contributed by atoms with Crippen LogP contribution in [0.25, 0.3) is 11.1 Å². The Morgan fingerprint density at radius 1 is 1.05 bits per heavy atom. The molecule has 2 nitrogen and oxygen atoms in total. The van der Waals surface area contributed by atoms with Crippen molar-refractivity contribution in [1.82, 2.24) is 0 Å². The first kappa shape index (κ1) is 14.2. The highest BCUT2D eigenvalue weighted by atomic mass is 35.5. The Morgan fingerprint density at radius 2 is 1.60 bits per heavy atom. The molecule has 0 aromatic heterocycles. The van der Waals surface area contributed by atoms with Crippen LogP contribution in [-0.4, -0.2) is 5.11 Å². The second kappa shape index (κ2) is 6.27. The van der Waals surface area contributed by atoms with Gasteiger partial charge in [0.25, 0.3) is 0 Å². The second-order valence-electron chi connectivity index (χ2n) is 4.37. The Bertz CT molecular complexity index is 664. The lowest BCUT2D eigenvalue weighted by molar-refractivity contribution is 0.475. The van der Waals surface area contributed by atoms with Crippen molar-refractivity contribution in [3.63, 3.8) is 0 Å². The highest BCUT2D eigenvalue weighted by molar-refractivity contribution is 6.30. The number of halogens is 1. The summed E-state index contributed by atoms with van der Waals surface area (Å²) in [5.74, 6) is 0.217. The molecule has 0 unspecified atom stereocenters. The highest BCUT2D eigenvalue weighted by Crippen LogP contribution is 2.30. The summed E-state index contributed by atoms with van der Waals surface area (Å²) >= 11 is 5.88. The number of hydrogen-bond donors (Lipinski definition) is 1. The van der Waals surface area contributed by atoms with Gasteiger partial charge in [0.15, 0.2) is 0 Å². The third-order valence-electron chi connectivity index (χ3n) is 3.12. The minimum Gasteiger partial charge on any atom is -0.508 e. The van der Waals surface area contributed by atoms with Crippen LogP contribution in [0.5, 0.6) is 5.75 Å². The number of allylic oxidation sites excluding steroid dienone is 2. The van der Waals surface area contributed by atoms with Gasteiger partial charge in [0.1, 0.15) is 11.8 Å². The molecular weight excluding hydrogens is 270 g/mol. The molecule has 0 aliphatic heterocycles. The van der Waals surface area contributed by atoms with E-state index in [4.69, 9.17) is 11.6 Å². The van der Waals surface area contributed by atoms with Gasteiger partial charge in [-0.2, -0.15) is 5.26 Å². The van der Waals surface area contributed by atoms with Gasteiger partial charge in [-0.25, -0.2) is 0 Å². The molecule has 0 heterocycles. The van der Waals surface area contributed by atoms with Crippen LogP contribution < -0.4 is 0 Å². The normalized spacial score (nSPS) is 11.7. The average Bonchev–Trinajstić information content (AvgIpc) is 2.47. The molecule has 0 radical (unpaired) electrons. The third-order valence-corrected chi connectivity index (χ3v) is 3.37. The molecular formula is C17H14ClNO. The summed E-state index contributed by atoms with van der Waals surface area (Å²) in [7, 11) is 0. The molecule has 0 saturated carbocycles. The highest BCUT2D eigenvalue weighted by Gasteiger charge is 2.10. The van der Waals surface area contributed by atoms with Crippen molar-refractivity contribution in [2.75, 3.05) is 0 Å². The Hall–Kier alpha value is -2.24. The Kier molecular flexibility index (Phi) is 4.45. The van der Waals surface area contributed by atoms with Gasteiger partial charge in [-0.3, -0.25) is 0 Å². The fourth-order valence-electron chi connectivity index (χ4n) is 2.11. The maximum atomic E-state index is 9.48. The van der Waals surface area contributed by atoms with Crippen LogP contribution in [-0.2, 0) is 0 Å². The first-order chi connectivity index (χ1) is 9.65. The zero-order chi connectivity index (χ0) is 14.5. The van der Waals surface area contributed by atoms with Crippen LogP contribution >= 0.6 is 11.6 Å². The van der Waals surface area contributed by atoms with Gasteiger partial charge in [0, 0.05) is 5.02 Å². The van der Waals surface area contributed by atoms with E-state index < -0.39 is 0 Å². The van der Waals surface area contributed by atoms with E-state index in [9.17, 15) is 10.4 Å². The van der Waals surface area contributed by atoms with Gasteiger partial charge in [0.2, 0.25) is 0 Å². The van der Waals surface area contributed by atoms with Crippen molar-refractivity contribution in [2.24, 2.45) is 0 Å². The molecule has 0 bridgehead atoms. The number of nitriles is 1. The van der Waals surface area contributed by atoms with Gasteiger partial charge >= 0.3 is 0 Å². The summed E-state index contributed by atoms with van der Waals surface area (Å²) in [4.78, 5) is 0. The van der Waals surface area contributed by atoms with Gasteiger partial charge in [-0.15, -0.1) is 0 Å². The predicted octanol–water partition coefficient (Wildman–Crippen LogP) is 4.89. The fraction of sp³-hybridized carbons (Fsp3) is 0.118. The van der Waals surface area contributed by atoms with Crippen LogP contribution in [0.4, 0.5) is 0 Å². The summed E-state index contributed by atoms with van der Waals surface area (Å²) in [6, 6.07) is 16.4. The van der Waals surface area contributed by atoms with Crippen LogP contribution in [0.1, 0.15) is 24.5 Å². The first-order valence-corrected chi connectivity index (χ1v) is 6.72. The molecule has 0 atom stereocenters. The van der Waals surface area contributed by atoms with Crippen molar-refractivity contribution in [1.29, 1.82) is 5.26 Å². The number of nitrogens with zero attached hydrogens (tertiary/aromatic N) is 1. The number of rotatable bonds is 3. The first-order valence-electron chi connectivity index (χ1n) is 6.34. The molecule has 0 fully saturated rings. The van der Waals surface area contributed by atoms with Gasteiger partial charge in [-0.05, 0) is 47.4 Å². The van der Waals surface area contributed by atoms with Gasteiger partial charge in [-0.1, -0.05) is 42.8 Å². The smallest absolute Gasteiger partial charge is 0.115 e. The van der Waals surface area contributed by atoms with Crippen LogP contribution in [0.3, 0.4) is 0 Å². The van der Waals surface area contributed by atoms with E-state index in [0.717, 1.165) is 23.1 Å². The summed E-state index contributed by atoms with van der Waals surface area (Å²) in [5.41, 5.74) is 3.38. The van der Waals surface area contributed by atoms with Crippen LogP contribution in [0, 0.1) is 11.3 Å². The maximum absolute atomic E-state index is 9.48. The van der Waals surface area contributed by atoms with E-state index in [1.807, 2.05) is 31.2 Å². The summed E-state index contributed by atoms with van der Waals surface area (Å²) in [6.07, 6.45) is 0.732. The van der Waals surface area contributed by atoms with E-state index in [2.05, 4.69) is 6.07 Å². The zero-order valence-corrected chi connectivity index (χ0v) is 11.9. The molecule has 2 aromatic carbocycles. The lowest BCUT2D eigenvalue weighted by Crippen LogP contribution is -1.90. The van der Waals surface area contributed by atoms with E-state index in [-0.39, 0.29) is 5.75 Å². The molecule has 2 aromatic rings. The topological polar surface area (TPSA) is 44.0 Å². The molecule has 2 rings (SSSR count). The monoisotopic (exact) mass is 283 g/mol. The average molecular weight is 284 g/mol. The summed E-state index contributed by atoms with van der Waals surface area (Å²) in [6.45, 7) is 2.01. The fourth-order valence-corrected chi connectivity index (χ4v) is 2.24. The van der Waals surface area contributed by atoms with E-state index in [1.54, 1.807) is 24.3 Å². The van der Waals surface area contributed by atoms with Crippen LogP contribution in [0.15, 0.2) is 48.5 Å². The molecule has 1 N–H and O–H groups in total. The molecule has 0 aliphatic carbocycles. The summed E-state index contributed by atoms with van der Waals surface area (Å²) < 4.78 is 0. The molecule has 3 heteroatoms. The molecule has 20 heavy (non-hydrogen) atoms. The number of phenolic OH excluding ortho intramolecular Hbond substituents is 1. The Balaban J connectivity index is 2.56. The molecule has 0 saturated heterocycles. The molecule has 0 amide bonds. The summed E-state index contributed by atoms with van der Waals surface area (Å²) in [5, 5.41) is 19.5. The van der Waals surface area contributed by atoms with E-state index in [1.165, 1.54) is 0 Å². The van der Waals surface area contributed by atoms with Gasteiger partial charge in [0.05, 0.1) is 5.57 Å². The SMILES string of the molecule is CC/C(=C(/C#N)c1ccc(Cl)cc1)c1ccc(O)cc1. The lowest BCUT2D eigenvalue weighted by atomic mass is 9.94. The molecule has 0 spiro atoms. The van der Waals surface area contributed by atoms with Crippen molar-refractivity contribution in [2.45, 2.75) is 13.3 Å². The van der Waals surface area contributed by atoms with Crippen molar-refractivity contribution < 1.29 is 5.11 Å². The zero-order valence-electron chi connectivity index (χ0n) is 11.1. The molecule has 0 aliphatic rings. The number of aromatic hydroxyl groups is 1. The number of benzene rings is 2. The van der Waals surface area contributed by atoms with Crippen molar-refractivity contribution in [3.8, 4) is 11.8 Å². The number of phenols is 1. The lowest BCUT2D eigenvalue weighted by Gasteiger charge is -2.10. The van der Waals surface area contributed by atoms with Crippen LogP contribution in [0.2, 0.25) is 5.02 Å². The van der Waals surface area contributed by atoms with Crippen molar-refractivity contribution >= 4 is 22.7 Å². The molecule has 100 valence electrons. The maximum Gasteiger partial charge on any atom is 0.115 e. The second-order valence-corrected chi connectivity index (χ2v) is 4.81. The number of hydrogen-bond acceptors (Lipinski definition) is 2. The quantitative estimate of drug-likeness (QED) is 0.644. The Morgan fingerprint density at radius 3 is 2.10 bits per heavy atom. The van der Waals surface area contributed by atoms with Gasteiger partial charge < -0.3 is 5.11 Å². The Labute approximate surface area is 123 Å². The van der Waals surface area contributed by atoms with Crippen molar-refractivity contribution in [3.05, 3.63) is 64.7 Å². The third kappa shape index (κ3) is 3.01.